The van der Waals surface area contributed by atoms with Gasteiger partial charge in [0.15, 0.2) is 0 Å². The second kappa shape index (κ2) is 7.07. The Hall–Kier alpha value is -1.35. The first-order valence-electron chi connectivity index (χ1n) is 5.92. The van der Waals surface area contributed by atoms with Crippen molar-refractivity contribution in [3.63, 3.8) is 0 Å². The van der Waals surface area contributed by atoms with E-state index in [9.17, 15) is 4.79 Å². The first kappa shape index (κ1) is 13.7. The van der Waals surface area contributed by atoms with E-state index in [2.05, 4.69) is 47.9 Å². The summed E-state index contributed by atoms with van der Waals surface area (Å²) in [5.41, 5.74) is 2.58. The van der Waals surface area contributed by atoms with Crippen molar-refractivity contribution in [3.8, 4) is 0 Å². The molecular formula is C14H21NO2. The predicted molar refractivity (Wildman–Crippen MR) is 68.8 cm³/mol. The lowest BCUT2D eigenvalue weighted by atomic mass is 10.1. The maximum absolute atomic E-state index is 10.9. The number of benzene rings is 1. The molecule has 0 aromatic heterocycles. The average Bonchev–Trinajstić information content (AvgIpc) is 2.32. The Balaban J connectivity index is 2.27. The van der Waals surface area contributed by atoms with Crippen LogP contribution in [0, 0.1) is 6.92 Å². The van der Waals surface area contributed by atoms with Gasteiger partial charge in [0.05, 0.1) is 7.11 Å². The van der Waals surface area contributed by atoms with Crippen molar-refractivity contribution in [2.45, 2.75) is 26.3 Å². The second-order valence-corrected chi connectivity index (χ2v) is 4.40. The van der Waals surface area contributed by atoms with Gasteiger partial charge >= 0.3 is 5.97 Å². The Kier molecular flexibility index (Phi) is 5.70. The Labute approximate surface area is 103 Å². The minimum absolute atomic E-state index is 0.131. The number of aryl methyl sites for hydroxylation is 1. The van der Waals surface area contributed by atoms with Crippen LogP contribution in [-0.2, 0) is 16.1 Å². The van der Waals surface area contributed by atoms with Crippen molar-refractivity contribution in [2.24, 2.45) is 0 Å². The van der Waals surface area contributed by atoms with Gasteiger partial charge in [-0.3, -0.25) is 4.79 Å². The van der Waals surface area contributed by atoms with Crippen LogP contribution in [0.15, 0.2) is 24.3 Å². The van der Waals surface area contributed by atoms with E-state index in [0.717, 1.165) is 19.5 Å². The second-order valence-electron chi connectivity index (χ2n) is 4.40. The van der Waals surface area contributed by atoms with Crippen LogP contribution in [0.3, 0.4) is 0 Å². The molecule has 0 aliphatic carbocycles. The molecule has 1 aromatic rings. The summed E-state index contributed by atoms with van der Waals surface area (Å²) in [7, 11) is 3.50. The number of hydrogen-bond donors (Lipinski definition) is 0. The van der Waals surface area contributed by atoms with Gasteiger partial charge in [0.2, 0.25) is 0 Å². The molecule has 0 bridgehead atoms. The van der Waals surface area contributed by atoms with E-state index >= 15 is 0 Å². The van der Waals surface area contributed by atoms with Gasteiger partial charge < -0.3 is 9.64 Å². The molecule has 1 rings (SSSR count). The number of hydrogen-bond acceptors (Lipinski definition) is 3. The van der Waals surface area contributed by atoms with Crippen molar-refractivity contribution < 1.29 is 9.53 Å². The molecule has 0 heterocycles. The Bertz CT molecular complexity index is 346. The summed E-state index contributed by atoms with van der Waals surface area (Å²) in [6, 6.07) is 8.54. The van der Waals surface area contributed by atoms with E-state index < -0.39 is 0 Å². The van der Waals surface area contributed by atoms with Crippen LogP contribution >= 0.6 is 0 Å². The van der Waals surface area contributed by atoms with Crippen molar-refractivity contribution in [2.75, 3.05) is 20.7 Å². The van der Waals surface area contributed by atoms with E-state index in [0.29, 0.717) is 6.42 Å². The molecule has 17 heavy (non-hydrogen) atoms. The third kappa shape index (κ3) is 5.50. The summed E-state index contributed by atoms with van der Waals surface area (Å²) in [6.45, 7) is 3.91. The molecule has 0 radical (unpaired) electrons. The van der Waals surface area contributed by atoms with Crippen LogP contribution in [0.1, 0.15) is 24.0 Å². The van der Waals surface area contributed by atoms with Crippen LogP contribution in [0.25, 0.3) is 0 Å². The normalized spacial score (nSPS) is 10.6. The molecule has 0 spiro atoms. The molecule has 3 heteroatoms. The maximum Gasteiger partial charge on any atom is 0.305 e. The largest absolute Gasteiger partial charge is 0.469 e. The molecule has 0 N–H and O–H groups in total. The molecule has 0 fully saturated rings. The summed E-state index contributed by atoms with van der Waals surface area (Å²) in [4.78, 5) is 13.2. The maximum atomic E-state index is 10.9. The summed E-state index contributed by atoms with van der Waals surface area (Å²) in [6.07, 6.45) is 1.34. The first-order chi connectivity index (χ1) is 8.11. The number of carbonyl (C=O) groups excluding carboxylic acids is 1. The lowest BCUT2D eigenvalue weighted by molar-refractivity contribution is -0.140. The molecule has 0 unspecified atom stereocenters. The van der Waals surface area contributed by atoms with Crippen LogP contribution in [0.4, 0.5) is 0 Å². The van der Waals surface area contributed by atoms with Gasteiger partial charge in [0, 0.05) is 13.0 Å². The van der Waals surface area contributed by atoms with E-state index in [4.69, 9.17) is 0 Å². The van der Waals surface area contributed by atoms with Crippen molar-refractivity contribution in [1.29, 1.82) is 0 Å². The molecule has 1 aromatic carbocycles. The summed E-state index contributed by atoms with van der Waals surface area (Å²) in [5, 5.41) is 0. The predicted octanol–water partition coefficient (Wildman–Crippen LogP) is 2.38. The highest BCUT2D eigenvalue weighted by atomic mass is 16.5. The summed E-state index contributed by atoms with van der Waals surface area (Å²) in [5.74, 6) is -0.131. The van der Waals surface area contributed by atoms with Crippen LogP contribution in [0.2, 0.25) is 0 Å². The zero-order valence-electron chi connectivity index (χ0n) is 10.9. The Morgan fingerprint density at radius 1 is 1.29 bits per heavy atom. The molecule has 3 nitrogen and oxygen atoms in total. The van der Waals surface area contributed by atoms with Crippen LogP contribution < -0.4 is 0 Å². The van der Waals surface area contributed by atoms with Gasteiger partial charge in [-0.1, -0.05) is 29.8 Å². The Morgan fingerprint density at radius 2 is 1.94 bits per heavy atom. The third-order valence-corrected chi connectivity index (χ3v) is 2.72. The molecule has 0 saturated carbocycles. The molecule has 0 atom stereocenters. The zero-order valence-corrected chi connectivity index (χ0v) is 10.9. The van der Waals surface area contributed by atoms with E-state index in [1.54, 1.807) is 0 Å². The highest BCUT2D eigenvalue weighted by Gasteiger charge is 2.03. The number of methoxy groups -OCH3 is 1. The van der Waals surface area contributed by atoms with Crippen molar-refractivity contribution >= 4 is 5.97 Å². The van der Waals surface area contributed by atoms with E-state index in [1.165, 1.54) is 18.2 Å². The smallest absolute Gasteiger partial charge is 0.305 e. The number of ether oxygens (including phenoxy) is 1. The molecule has 0 aliphatic heterocycles. The minimum Gasteiger partial charge on any atom is -0.469 e. The first-order valence-corrected chi connectivity index (χ1v) is 5.92. The quantitative estimate of drug-likeness (QED) is 0.709. The lowest BCUT2D eigenvalue weighted by Gasteiger charge is -2.16. The molecule has 94 valence electrons. The summed E-state index contributed by atoms with van der Waals surface area (Å²) >= 11 is 0. The van der Waals surface area contributed by atoms with Gasteiger partial charge in [0.25, 0.3) is 0 Å². The van der Waals surface area contributed by atoms with Crippen LogP contribution in [-0.4, -0.2) is 31.6 Å². The molecule has 0 amide bonds. The fraction of sp³-hybridized carbons (Fsp3) is 0.500. The lowest BCUT2D eigenvalue weighted by Crippen LogP contribution is -2.20. The summed E-state index contributed by atoms with van der Waals surface area (Å²) < 4.78 is 4.61. The number of nitrogens with zero attached hydrogens (tertiary/aromatic N) is 1. The monoisotopic (exact) mass is 235 g/mol. The van der Waals surface area contributed by atoms with Crippen LogP contribution in [0.5, 0.6) is 0 Å². The van der Waals surface area contributed by atoms with Crippen molar-refractivity contribution in [1.82, 2.24) is 4.90 Å². The average molecular weight is 235 g/mol. The number of rotatable bonds is 6. The van der Waals surface area contributed by atoms with E-state index in [1.807, 2.05) is 0 Å². The van der Waals surface area contributed by atoms with Gasteiger partial charge in [0.1, 0.15) is 0 Å². The molecule has 0 saturated heterocycles. The standard InChI is InChI=1S/C14H21NO2/c1-12-6-8-13(9-7-12)11-15(2)10-4-5-14(16)17-3/h6-9H,4-5,10-11H2,1-3H3. The zero-order chi connectivity index (χ0) is 12.7. The van der Waals surface area contributed by atoms with E-state index in [-0.39, 0.29) is 5.97 Å². The van der Waals surface area contributed by atoms with Gasteiger partial charge in [-0.15, -0.1) is 0 Å². The topological polar surface area (TPSA) is 29.5 Å². The number of esters is 1. The van der Waals surface area contributed by atoms with Gasteiger partial charge in [-0.2, -0.15) is 0 Å². The van der Waals surface area contributed by atoms with Gasteiger partial charge in [-0.25, -0.2) is 0 Å². The third-order valence-electron chi connectivity index (χ3n) is 2.72. The highest BCUT2D eigenvalue weighted by molar-refractivity contribution is 5.69. The molecular weight excluding hydrogens is 214 g/mol. The van der Waals surface area contributed by atoms with Gasteiger partial charge in [-0.05, 0) is 32.5 Å². The highest BCUT2D eigenvalue weighted by Crippen LogP contribution is 2.06. The Morgan fingerprint density at radius 3 is 2.53 bits per heavy atom. The SMILES string of the molecule is COC(=O)CCCN(C)Cc1ccc(C)cc1. The fourth-order valence-corrected chi connectivity index (χ4v) is 1.68. The van der Waals surface area contributed by atoms with Crippen molar-refractivity contribution in [3.05, 3.63) is 35.4 Å². The molecule has 0 aliphatic rings. The minimum atomic E-state index is -0.131. The number of carbonyl (C=O) groups is 1. The fourth-order valence-electron chi connectivity index (χ4n) is 1.68.